The molecule has 158 valence electrons. The van der Waals surface area contributed by atoms with Crippen LogP contribution in [0.3, 0.4) is 0 Å². The zero-order valence-electron chi connectivity index (χ0n) is 16.6. The van der Waals surface area contributed by atoms with Gasteiger partial charge in [-0.15, -0.1) is 10.2 Å². The Morgan fingerprint density at radius 2 is 2.06 bits per heavy atom. The predicted octanol–water partition coefficient (Wildman–Crippen LogP) is 3.04. The molecule has 0 aliphatic rings. The summed E-state index contributed by atoms with van der Waals surface area (Å²) >= 11 is 1.12. The standard InChI is InChI=1S/C20H19N7O3S/c1-25-13-23-24-20(25)31-18-8-7-14(11-17(18)27(29)30)19(28)21-9-4-10-26-12-22-15-5-2-3-6-16(15)26/h2-3,5-8,11-13H,4,9-10H2,1H3,(H,21,28). The Morgan fingerprint density at radius 1 is 1.23 bits per heavy atom. The van der Waals surface area contributed by atoms with Gasteiger partial charge in [-0.3, -0.25) is 14.9 Å². The number of carbonyl (C=O) groups is 1. The van der Waals surface area contributed by atoms with Crippen molar-refractivity contribution in [2.24, 2.45) is 7.05 Å². The highest BCUT2D eigenvalue weighted by atomic mass is 32.2. The number of benzene rings is 2. The van der Waals surface area contributed by atoms with Crippen LogP contribution in [0.15, 0.2) is 65.2 Å². The molecule has 0 radical (unpaired) electrons. The van der Waals surface area contributed by atoms with Crippen LogP contribution in [0.25, 0.3) is 11.0 Å². The van der Waals surface area contributed by atoms with Gasteiger partial charge >= 0.3 is 0 Å². The quantitative estimate of drug-likeness (QED) is 0.255. The minimum atomic E-state index is -0.500. The lowest BCUT2D eigenvalue weighted by molar-refractivity contribution is -0.387. The second-order valence-corrected chi connectivity index (χ2v) is 7.81. The molecule has 0 aliphatic carbocycles. The molecular formula is C20H19N7O3S. The number of aryl methyl sites for hydroxylation is 2. The third-order valence-corrected chi connectivity index (χ3v) is 5.79. The van der Waals surface area contributed by atoms with E-state index in [0.717, 1.165) is 22.8 Å². The molecule has 0 fully saturated rings. The molecule has 2 aromatic heterocycles. The summed E-state index contributed by atoms with van der Waals surface area (Å²) in [6, 6.07) is 12.3. The van der Waals surface area contributed by atoms with E-state index in [-0.39, 0.29) is 17.2 Å². The fourth-order valence-corrected chi connectivity index (χ4v) is 3.94. The van der Waals surface area contributed by atoms with E-state index >= 15 is 0 Å². The minimum absolute atomic E-state index is 0.148. The summed E-state index contributed by atoms with van der Waals surface area (Å²) in [6.45, 7) is 1.14. The number of nitro benzene ring substituents is 1. The number of nitrogens with zero attached hydrogens (tertiary/aromatic N) is 6. The molecule has 11 heteroatoms. The van der Waals surface area contributed by atoms with Gasteiger partial charge in [0.2, 0.25) is 0 Å². The van der Waals surface area contributed by atoms with Gasteiger partial charge in [0.15, 0.2) is 5.16 Å². The van der Waals surface area contributed by atoms with Crippen LogP contribution < -0.4 is 5.32 Å². The molecule has 1 N–H and O–H groups in total. The fraction of sp³-hybridized carbons (Fsp3) is 0.200. The molecule has 2 heterocycles. The van der Waals surface area contributed by atoms with Gasteiger partial charge in [-0.05, 0) is 42.4 Å². The number of hydrogen-bond acceptors (Lipinski definition) is 7. The van der Waals surface area contributed by atoms with Gasteiger partial charge < -0.3 is 14.5 Å². The van der Waals surface area contributed by atoms with Gasteiger partial charge in [0, 0.05) is 31.8 Å². The Bertz CT molecular complexity index is 1250. The van der Waals surface area contributed by atoms with Crippen LogP contribution in [0.5, 0.6) is 0 Å². The number of hydrogen-bond donors (Lipinski definition) is 1. The zero-order chi connectivity index (χ0) is 21.8. The molecule has 4 aromatic rings. The molecular weight excluding hydrogens is 418 g/mol. The highest BCUT2D eigenvalue weighted by Crippen LogP contribution is 2.34. The largest absolute Gasteiger partial charge is 0.352 e. The van der Waals surface area contributed by atoms with Crippen molar-refractivity contribution >= 4 is 34.4 Å². The van der Waals surface area contributed by atoms with Crippen molar-refractivity contribution < 1.29 is 9.72 Å². The van der Waals surface area contributed by atoms with Crippen molar-refractivity contribution in [3.05, 3.63) is 70.8 Å². The molecule has 0 unspecified atom stereocenters. The van der Waals surface area contributed by atoms with Gasteiger partial charge in [-0.25, -0.2) is 4.98 Å². The number of amides is 1. The lowest BCUT2D eigenvalue weighted by atomic mass is 10.2. The number of aromatic nitrogens is 5. The summed E-state index contributed by atoms with van der Waals surface area (Å²) in [5.74, 6) is -0.353. The maximum absolute atomic E-state index is 12.5. The van der Waals surface area contributed by atoms with Gasteiger partial charge in [-0.2, -0.15) is 0 Å². The number of nitrogens with one attached hydrogen (secondary N) is 1. The van der Waals surface area contributed by atoms with Crippen molar-refractivity contribution in [1.29, 1.82) is 0 Å². The number of para-hydroxylation sites is 2. The average molecular weight is 437 g/mol. The molecule has 0 aliphatic heterocycles. The molecule has 0 saturated carbocycles. The van der Waals surface area contributed by atoms with Crippen molar-refractivity contribution in [3.8, 4) is 0 Å². The van der Waals surface area contributed by atoms with Gasteiger partial charge in [0.25, 0.3) is 11.6 Å². The van der Waals surface area contributed by atoms with Crippen molar-refractivity contribution in [3.63, 3.8) is 0 Å². The van der Waals surface area contributed by atoms with E-state index in [2.05, 4.69) is 20.5 Å². The van der Waals surface area contributed by atoms with E-state index in [1.165, 1.54) is 12.4 Å². The zero-order valence-corrected chi connectivity index (χ0v) is 17.5. The minimum Gasteiger partial charge on any atom is -0.352 e. The first-order valence-electron chi connectivity index (χ1n) is 9.51. The number of imidazole rings is 1. The van der Waals surface area contributed by atoms with Gasteiger partial charge in [-0.1, -0.05) is 12.1 Å². The van der Waals surface area contributed by atoms with Crippen LogP contribution in [0, 0.1) is 10.1 Å². The Balaban J connectivity index is 1.38. The Kier molecular flexibility index (Phi) is 5.94. The fourth-order valence-electron chi connectivity index (χ4n) is 3.09. The van der Waals surface area contributed by atoms with Gasteiger partial charge in [0.1, 0.15) is 6.33 Å². The van der Waals surface area contributed by atoms with Crippen molar-refractivity contribution in [2.75, 3.05) is 6.54 Å². The van der Waals surface area contributed by atoms with Crippen LogP contribution in [-0.4, -0.2) is 41.7 Å². The second kappa shape index (κ2) is 8.96. The molecule has 2 aromatic carbocycles. The molecule has 4 rings (SSSR count). The maximum Gasteiger partial charge on any atom is 0.284 e. The van der Waals surface area contributed by atoms with E-state index in [1.807, 2.05) is 28.8 Å². The first kappa shape index (κ1) is 20.5. The van der Waals surface area contributed by atoms with E-state index in [4.69, 9.17) is 0 Å². The molecule has 0 atom stereocenters. The Hall–Kier alpha value is -3.73. The summed E-state index contributed by atoms with van der Waals surface area (Å²) in [5, 5.41) is 22.6. The molecule has 0 bridgehead atoms. The topological polar surface area (TPSA) is 121 Å². The van der Waals surface area contributed by atoms with E-state index in [1.54, 1.807) is 30.1 Å². The number of rotatable bonds is 8. The van der Waals surface area contributed by atoms with Crippen LogP contribution in [0.4, 0.5) is 5.69 Å². The average Bonchev–Trinajstić information content (AvgIpc) is 3.37. The number of fused-ring (bicyclic) bond motifs is 1. The molecule has 0 spiro atoms. The third kappa shape index (κ3) is 4.56. The molecule has 10 nitrogen and oxygen atoms in total. The predicted molar refractivity (Wildman–Crippen MR) is 115 cm³/mol. The van der Waals surface area contributed by atoms with Crippen LogP contribution in [-0.2, 0) is 13.6 Å². The molecule has 1 amide bonds. The summed E-state index contributed by atoms with van der Waals surface area (Å²) in [5.41, 5.74) is 2.06. The molecule has 31 heavy (non-hydrogen) atoms. The maximum atomic E-state index is 12.5. The SMILES string of the molecule is Cn1cnnc1Sc1ccc(C(=O)NCCCn2cnc3ccccc32)cc1[N+](=O)[O-]. The highest BCUT2D eigenvalue weighted by molar-refractivity contribution is 7.99. The number of carbonyl (C=O) groups excluding carboxylic acids is 1. The highest BCUT2D eigenvalue weighted by Gasteiger charge is 2.20. The first-order chi connectivity index (χ1) is 15.0. The third-order valence-electron chi connectivity index (χ3n) is 4.68. The van der Waals surface area contributed by atoms with Crippen molar-refractivity contribution in [1.82, 2.24) is 29.6 Å². The number of nitro groups is 1. The summed E-state index contributed by atoms with van der Waals surface area (Å²) in [6.07, 6.45) is 4.00. The van der Waals surface area contributed by atoms with Crippen LogP contribution >= 0.6 is 11.8 Å². The van der Waals surface area contributed by atoms with Crippen LogP contribution in [0.2, 0.25) is 0 Å². The normalized spacial score (nSPS) is 11.0. The summed E-state index contributed by atoms with van der Waals surface area (Å²) in [4.78, 5) is 28.2. The lowest BCUT2D eigenvalue weighted by Crippen LogP contribution is -2.25. The van der Waals surface area contributed by atoms with E-state index in [0.29, 0.717) is 29.6 Å². The second-order valence-electron chi connectivity index (χ2n) is 6.80. The molecule has 0 saturated heterocycles. The van der Waals surface area contributed by atoms with E-state index < -0.39 is 4.92 Å². The van der Waals surface area contributed by atoms with Crippen molar-refractivity contribution in [2.45, 2.75) is 23.0 Å². The first-order valence-corrected chi connectivity index (χ1v) is 10.3. The summed E-state index contributed by atoms with van der Waals surface area (Å²) < 4.78 is 3.70. The Morgan fingerprint density at radius 3 is 2.84 bits per heavy atom. The van der Waals surface area contributed by atoms with E-state index in [9.17, 15) is 14.9 Å². The monoisotopic (exact) mass is 437 g/mol. The smallest absolute Gasteiger partial charge is 0.284 e. The van der Waals surface area contributed by atoms with Gasteiger partial charge in [0.05, 0.1) is 27.2 Å². The summed E-state index contributed by atoms with van der Waals surface area (Å²) in [7, 11) is 1.75. The van der Waals surface area contributed by atoms with Crippen LogP contribution in [0.1, 0.15) is 16.8 Å². The Labute approximate surface area is 181 Å². The lowest BCUT2D eigenvalue weighted by Gasteiger charge is -2.08.